The molecule has 0 saturated carbocycles. The molecule has 1 aromatic carbocycles. The molecule has 0 aliphatic carbocycles. The van der Waals surface area contributed by atoms with Crippen LogP contribution in [0.25, 0.3) is 0 Å². The molecule has 21 heavy (non-hydrogen) atoms. The Morgan fingerprint density at radius 1 is 1.19 bits per heavy atom. The van der Waals surface area contributed by atoms with Gasteiger partial charge in [0.05, 0.1) is 12.3 Å². The van der Waals surface area contributed by atoms with E-state index in [0.717, 1.165) is 12.2 Å². The maximum Gasteiger partial charge on any atom is 0.145 e. The van der Waals surface area contributed by atoms with Crippen molar-refractivity contribution in [3.63, 3.8) is 0 Å². The average molecular weight is 290 g/mol. The van der Waals surface area contributed by atoms with Gasteiger partial charge in [-0.15, -0.1) is 0 Å². The van der Waals surface area contributed by atoms with E-state index < -0.39 is 0 Å². The van der Waals surface area contributed by atoms with E-state index in [1.165, 1.54) is 29.1 Å². The Labute approximate surface area is 125 Å². The Balaban J connectivity index is 2.16. The molecule has 2 aromatic rings. The first-order valence-electron chi connectivity index (χ1n) is 7.38. The summed E-state index contributed by atoms with van der Waals surface area (Å²) >= 11 is 0. The molecule has 0 aliphatic rings. The number of benzene rings is 1. The lowest BCUT2D eigenvalue weighted by Gasteiger charge is -2.13. The summed E-state index contributed by atoms with van der Waals surface area (Å²) in [4.78, 5) is 0. The maximum absolute atomic E-state index is 13.3. The van der Waals surface area contributed by atoms with Gasteiger partial charge in [0.15, 0.2) is 0 Å². The van der Waals surface area contributed by atoms with Crippen LogP contribution in [-0.2, 0) is 13.1 Å². The normalized spacial score (nSPS) is 10.7. The van der Waals surface area contributed by atoms with E-state index in [-0.39, 0.29) is 5.82 Å². The van der Waals surface area contributed by atoms with Gasteiger partial charge in [-0.2, -0.15) is 0 Å². The molecule has 0 radical (unpaired) electrons. The molecule has 4 heteroatoms. The van der Waals surface area contributed by atoms with E-state index in [2.05, 4.69) is 36.7 Å². The van der Waals surface area contributed by atoms with Gasteiger partial charge in [0.1, 0.15) is 11.6 Å². The van der Waals surface area contributed by atoms with E-state index >= 15 is 0 Å². The lowest BCUT2D eigenvalue weighted by Crippen LogP contribution is -2.05. The van der Waals surface area contributed by atoms with Crippen LogP contribution in [0, 0.1) is 19.7 Å². The van der Waals surface area contributed by atoms with Gasteiger partial charge in [-0.3, -0.25) is 0 Å². The molecule has 0 bridgehead atoms. The molecule has 114 valence electrons. The van der Waals surface area contributed by atoms with Crippen molar-refractivity contribution < 1.29 is 9.13 Å². The Hall–Kier alpha value is -1.97. The number of nitrogens with zero attached hydrogens (tertiary/aromatic N) is 1. The summed E-state index contributed by atoms with van der Waals surface area (Å²) in [6.45, 7) is 10.5. The van der Waals surface area contributed by atoms with Crippen molar-refractivity contribution in [2.24, 2.45) is 0 Å². The van der Waals surface area contributed by atoms with Crippen LogP contribution in [0.1, 0.15) is 30.8 Å². The molecule has 0 aliphatic heterocycles. The summed E-state index contributed by atoms with van der Waals surface area (Å²) in [6.07, 6.45) is 0. The summed E-state index contributed by atoms with van der Waals surface area (Å²) in [6, 6.07) is 6.77. The van der Waals surface area contributed by atoms with Gasteiger partial charge >= 0.3 is 0 Å². The monoisotopic (exact) mass is 290 g/mol. The Morgan fingerprint density at radius 2 is 1.95 bits per heavy atom. The fourth-order valence-electron chi connectivity index (χ4n) is 2.65. The van der Waals surface area contributed by atoms with E-state index in [1.54, 1.807) is 6.07 Å². The lowest BCUT2D eigenvalue weighted by atomic mass is 10.2. The highest BCUT2D eigenvalue weighted by molar-refractivity contribution is 5.56. The molecule has 0 unspecified atom stereocenters. The molecule has 1 aromatic heterocycles. The van der Waals surface area contributed by atoms with Crippen molar-refractivity contribution in [2.45, 2.75) is 40.8 Å². The van der Waals surface area contributed by atoms with Crippen LogP contribution in [0.3, 0.4) is 0 Å². The highest BCUT2D eigenvalue weighted by Gasteiger charge is 2.09. The minimum absolute atomic E-state index is 0.284. The van der Waals surface area contributed by atoms with E-state index in [4.69, 9.17) is 4.74 Å². The first kappa shape index (κ1) is 15.4. The number of anilines is 1. The molecule has 2 rings (SSSR count). The number of rotatable bonds is 6. The van der Waals surface area contributed by atoms with Gasteiger partial charge in [-0.05, 0) is 51.5 Å². The van der Waals surface area contributed by atoms with E-state index in [0.29, 0.717) is 18.9 Å². The van der Waals surface area contributed by atoms with Crippen LogP contribution >= 0.6 is 0 Å². The molecule has 0 saturated heterocycles. The number of ether oxygens (including phenoxy) is 1. The van der Waals surface area contributed by atoms with E-state index in [9.17, 15) is 4.39 Å². The standard InChI is InChI=1S/C17H23FN2O/c1-5-20-12(3)9-14(13(20)4)11-19-16-8-7-15(18)10-17(16)21-6-2/h7-10,19H,5-6,11H2,1-4H3. The minimum atomic E-state index is -0.284. The summed E-state index contributed by atoms with van der Waals surface area (Å²) in [5.41, 5.74) is 4.60. The zero-order valence-electron chi connectivity index (χ0n) is 13.2. The number of aromatic nitrogens is 1. The second-order valence-corrected chi connectivity index (χ2v) is 5.07. The van der Waals surface area contributed by atoms with Crippen LogP contribution in [0.2, 0.25) is 0 Å². The van der Waals surface area contributed by atoms with Crippen molar-refractivity contribution in [1.82, 2.24) is 4.57 Å². The summed E-state index contributed by atoms with van der Waals surface area (Å²) in [7, 11) is 0. The molecule has 1 heterocycles. The highest BCUT2D eigenvalue weighted by Crippen LogP contribution is 2.26. The molecule has 1 N–H and O–H groups in total. The predicted octanol–water partition coefficient (Wildman–Crippen LogP) is 4.27. The predicted molar refractivity (Wildman–Crippen MR) is 84.5 cm³/mol. The zero-order valence-corrected chi connectivity index (χ0v) is 13.2. The summed E-state index contributed by atoms with van der Waals surface area (Å²) in [5, 5.41) is 3.34. The molecule has 0 atom stereocenters. The van der Waals surface area contributed by atoms with Gasteiger partial charge in [0, 0.05) is 30.5 Å². The third kappa shape index (κ3) is 3.38. The molecular weight excluding hydrogens is 267 g/mol. The smallest absolute Gasteiger partial charge is 0.145 e. The van der Waals surface area contributed by atoms with Gasteiger partial charge in [0.2, 0.25) is 0 Å². The quantitative estimate of drug-likeness (QED) is 0.859. The van der Waals surface area contributed by atoms with Gasteiger partial charge in [-0.1, -0.05) is 0 Å². The van der Waals surface area contributed by atoms with Crippen LogP contribution in [0.15, 0.2) is 24.3 Å². The average Bonchev–Trinajstić information content (AvgIpc) is 2.72. The second kappa shape index (κ2) is 6.66. The SMILES string of the molecule is CCOc1cc(F)ccc1NCc1cc(C)n(CC)c1C. The summed E-state index contributed by atoms with van der Waals surface area (Å²) in [5.74, 6) is 0.273. The minimum Gasteiger partial charge on any atom is -0.492 e. The topological polar surface area (TPSA) is 26.2 Å². The van der Waals surface area contributed by atoms with Crippen LogP contribution < -0.4 is 10.1 Å². The van der Waals surface area contributed by atoms with Crippen molar-refractivity contribution in [3.05, 3.63) is 47.0 Å². The highest BCUT2D eigenvalue weighted by atomic mass is 19.1. The van der Waals surface area contributed by atoms with Gasteiger partial charge in [0.25, 0.3) is 0 Å². The fraction of sp³-hybridized carbons (Fsp3) is 0.412. The van der Waals surface area contributed by atoms with Crippen molar-refractivity contribution in [3.8, 4) is 5.75 Å². The third-order valence-electron chi connectivity index (χ3n) is 3.71. The Kier molecular flexibility index (Phi) is 4.89. The molecule has 3 nitrogen and oxygen atoms in total. The number of nitrogens with one attached hydrogen (secondary N) is 1. The fourth-order valence-corrected chi connectivity index (χ4v) is 2.65. The molecule has 0 spiro atoms. The zero-order chi connectivity index (χ0) is 15.4. The first-order valence-corrected chi connectivity index (χ1v) is 7.38. The Morgan fingerprint density at radius 3 is 2.57 bits per heavy atom. The molecule has 0 fully saturated rings. The molecular formula is C17H23FN2O. The number of hydrogen-bond acceptors (Lipinski definition) is 2. The van der Waals surface area contributed by atoms with Crippen LogP contribution in [-0.4, -0.2) is 11.2 Å². The van der Waals surface area contributed by atoms with Crippen LogP contribution in [0.4, 0.5) is 10.1 Å². The number of hydrogen-bond donors (Lipinski definition) is 1. The van der Waals surface area contributed by atoms with Crippen LogP contribution in [0.5, 0.6) is 5.75 Å². The van der Waals surface area contributed by atoms with Gasteiger partial charge < -0.3 is 14.6 Å². The van der Waals surface area contributed by atoms with Crippen molar-refractivity contribution in [2.75, 3.05) is 11.9 Å². The number of aryl methyl sites for hydroxylation is 1. The largest absolute Gasteiger partial charge is 0.492 e. The summed E-state index contributed by atoms with van der Waals surface area (Å²) < 4.78 is 21.1. The third-order valence-corrected chi connectivity index (χ3v) is 3.71. The maximum atomic E-state index is 13.3. The first-order chi connectivity index (χ1) is 10.1. The van der Waals surface area contributed by atoms with Gasteiger partial charge in [-0.25, -0.2) is 4.39 Å². The lowest BCUT2D eigenvalue weighted by molar-refractivity contribution is 0.340. The van der Waals surface area contributed by atoms with Crippen molar-refractivity contribution >= 4 is 5.69 Å². The van der Waals surface area contributed by atoms with Crippen molar-refractivity contribution in [1.29, 1.82) is 0 Å². The second-order valence-electron chi connectivity index (χ2n) is 5.07. The molecule has 0 amide bonds. The Bertz CT molecular complexity index is 619. The number of halogens is 1. The van der Waals surface area contributed by atoms with E-state index in [1.807, 2.05) is 6.92 Å².